The molecule has 2 heterocycles. The Labute approximate surface area is 188 Å². The first-order chi connectivity index (χ1) is 15.1. The van der Waals surface area contributed by atoms with Crippen LogP contribution in [0.5, 0.6) is 11.5 Å². The van der Waals surface area contributed by atoms with Crippen LogP contribution < -0.4 is 14.8 Å². The summed E-state index contributed by atoms with van der Waals surface area (Å²) in [6, 6.07) is 11.4. The van der Waals surface area contributed by atoms with Crippen molar-refractivity contribution in [3.63, 3.8) is 0 Å². The summed E-state index contributed by atoms with van der Waals surface area (Å²) in [5, 5.41) is 4.10. The maximum Gasteiger partial charge on any atom is 0.409 e. The van der Waals surface area contributed by atoms with Crippen LogP contribution in [-0.2, 0) is 4.74 Å². The molecule has 4 rings (SSSR count). The smallest absolute Gasteiger partial charge is 0.409 e. The van der Waals surface area contributed by atoms with Gasteiger partial charge in [0, 0.05) is 55.3 Å². The number of methoxy groups -OCH3 is 2. The van der Waals surface area contributed by atoms with Crippen molar-refractivity contribution >= 4 is 44.6 Å². The molecule has 1 aromatic heterocycles. The summed E-state index contributed by atoms with van der Waals surface area (Å²) < 4.78 is 17.1. The highest BCUT2D eigenvalue weighted by Crippen LogP contribution is 2.32. The highest BCUT2D eigenvalue weighted by molar-refractivity contribution is 9.10. The lowest BCUT2D eigenvalue weighted by atomic mass is 10.1. The number of hydrogen-bond acceptors (Lipinski definition) is 7. The number of aromatic nitrogens is 2. The van der Waals surface area contributed by atoms with Crippen LogP contribution in [0.15, 0.2) is 47.1 Å². The largest absolute Gasteiger partial charge is 0.497 e. The fourth-order valence-electron chi connectivity index (χ4n) is 3.48. The molecule has 0 radical (unpaired) electrons. The Morgan fingerprint density at radius 2 is 2.00 bits per heavy atom. The molecule has 0 unspecified atom stereocenters. The third-order valence-corrected chi connectivity index (χ3v) is 5.75. The van der Waals surface area contributed by atoms with E-state index in [1.54, 1.807) is 18.2 Å². The predicted molar refractivity (Wildman–Crippen MR) is 121 cm³/mol. The summed E-state index contributed by atoms with van der Waals surface area (Å²) in [5.41, 5.74) is 1.61. The molecule has 1 fully saturated rings. The number of ether oxygens (including phenoxy) is 3. The van der Waals surface area contributed by atoms with Crippen LogP contribution in [-0.4, -0.2) is 54.4 Å². The predicted octanol–water partition coefficient (Wildman–Crippen LogP) is 4.75. The lowest BCUT2D eigenvalue weighted by Gasteiger charge is -2.31. The third kappa shape index (κ3) is 4.99. The fraction of sp³-hybridized carbons (Fsp3) is 0.318. The van der Waals surface area contributed by atoms with Gasteiger partial charge in [0.15, 0.2) is 0 Å². The van der Waals surface area contributed by atoms with E-state index in [1.807, 2.05) is 36.4 Å². The molecule has 9 heteroatoms. The number of nitrogens with zero attached hydrogens (tertiary/aromatic N) is 3. The second-order valence-corrected chi connectivity index (χ2v) is 8.02. The average molecular weight is 487 g/mol. The van der Waals surface area contributed by atoms with Gasteiger partial charge in [-0.05, 0) is 34.1 Å². The Hall–Kier alpha value is -3.07. The molecule has 1 aliphatic heterocycles. The minimum atomic E-state index is -0.293. The van der Waals surface area contributed by atoms with Gasteiger partial charge in [-0.2, -0.15) is 0 Å². The summed E-state index contributed by atoms with van der Waals surface area (Å²) in [6.07, 6.45) is 2.98. The Kier molecular flexibility index (Phi) is 6.41. The van der Waals surface area contributed by atoms with Gasteiger partial charge in [0.25, 0.3) is 0 Å². The summed E-state index contributed by atoms with van der Waals surface area (Å²) in [7, 11) is 3.03. The minimum Gasteiger partial charge on any atom is -0.497 e. The van der Waals surface area contributed by atoms with Crippen LogP contribution in [0.1, 0.15) is 12.8 Å². The number of likely N-dealkylation sites (tertiary alicyclic amines) is 1. The van der Waals surface area contributed by atoms with Gasteiger partial charge in [0.2, 0.25) is 5.95 Å². The molecule has 0 spiro atoms. The van der Waals surface area contributed by atoms with Crippen molar-refractivity contribution < 1.29 is 19.0 Å². The van der Waals surface area contributed by atoms with Crippen LogP contribution >= 0.6 is 15.9 Å². The number of carbonyl (C=O) groups excluding carboxylic acids is 1. The van der Waals surface area contributed by atoms with Crippen LogP contribution in [0.4, 0.5) is 16.4 Å². The molecule has 0 bridgehead atoms. The average Bonchev–Trinajstić information content (AvgIpc) is 2.80. The van der Waals surface area contributed by atoms with Gasteiger partial charge in [-0.3, -0.25) is 0 Å². The molecule has 1 aliphatic rings. The Bertz CT molecular complexity index is 1090. The second-order valence-electron chi connectivity index (χ2n) is 7.17. The highest BCUT2D eigenvalue weighted by Gasteiger charge is 2.25. The van der Waals surface area contributed by atoms with E-state index in [1.165, 1.54) is 7.11 Å². The van der Waals surface area contributed by atoms with Crippen molar-refractivity contribution in [2.75, 3.05) is 32.6 Å². The van der Waals surface area contributed by atoms with Crippen LogP contribution in [0, 0.1) is 0 Å². The summed E-state index contributed by atoms with van der Waals surface area (Å²) >= 11 is 3.58. The van der Waals surface area contributed by atoms with Crippen molar-refractivity contribution in [3.8, 4) is 11.5 Å². The highest BCUT2D eigenvalue weighted by atomic mass is 79.9. The second kappa shape index (κ2) is 9.38. The SMILES string of the molecule is COC(=O)N1CCC(Oc2cc3nc(Nc4cccc(OC)c4)ncc3cc2Br)CC1. The van der Waals surface area contributed by atoms with Gasteiger partial charge in [0.05, 0.1) is 24.2 Å². The van der Waals surface area contributed by atoms with Crippen molar-refractivity contribution in [3.05, 3.63) is 47.1 Å². The summed E-state index contributed by atoms with van der Waals surface area (Å²) in [6.45, 7) is 1.22. The lowest BCUT2D eigenvalue weighted by molar-refractivity contribution is 0.0788. The number of anilines is 2. The quantitative estimate of drug-likeness (QED) is 0.556. The maximum absolute atomic E-state index is 11.7. The van der Waals surface area contributed by atoms with Crippen LogP contribution in [0.2, 0.25) is 0 Å². The van der Waals surface area contributed by atoms with E-state index >= 15 is 0 Å². The van der Waals surface area contributed by atoms with Crippen LogP contribution in [0.3, 0.4) is 0 Å². The van der Waals surface area contributed by atoms with E-state index in [2.05, 4.69) is 31.2 Å². The Morgan fingerprint density at radius 1 is 1.19 bits per heavy atom. The number of hydrogen-bond donors (Lipinski definition) is 1. The van der Waals surface area contributed by atoms with Gasteiger partial charge in [0.1, 0.15) is 17.6 Å². The van der Waals surface area contributed by atoms with Crippen molar-refractivity contribution in [1.82, 2.24) is 14.9 Å². The molecule has 1 saturated heterocycles. The van der Waals surface area contributed by atoms with E-state index in [9.17, 15) is 4.79 Å². The molecule has 162 valence electrons. The number of benzene rings is 2. The molecule has 2 aromatic carbocycles. The number of rotatable bonds is 5. The number of amides is 1. The molecular weight excluding hydrogens is 464 g/mol. The molecule has 1 N–H and O–H groups in total. The monoisotopic (exact) mass is 486 g/mol. The van der Waals surface area contributed by atoms with E-state index < -0.39 is 0 Å². The molecular formula is C22H23BrN4O4. The topological polar surface area (TPSA) is 85.8 Å². The zero-order valence-corrected chi connectivity index (χ0v) is 18.9. The molecule has 0 aliphatic carbocycles. The third-order valence-electron chi connectivity index (χ3n) is 5.13. The molecule has 8 nitrogen and oxygen atoms in total. The van der Waals surface area contributed by atoms with Crippen LogP contribution in [0.25, 0.3) is 10.9 Å². The minimum absolute atomic E-state index is 0.0193. The van der Waals surface area contributed by atoms with Crippen molar-refractivity contribution in [1.29, 1.82) is 0 Å². The summed E-state index contributed by atoms with van der Waals surface area (Å²) in [5.74, 6) is 1.96. The lowest BCUT2D eigenvalue weighted by Crippen LogP contribution is -2.41. The number of fused-ring (bicyclic) bond motifs is 1. The van der Waals surface area contributed by atoms with Gasteiger partial charge >= 0.3 is 6.09 Å². The first-order valence-electron chi connectivity index (χ1n) is 9.92. The van der Waals surface area contributed by atoms with Gasteiger partial charge in [-0.25, -0.2) is 14.8 Å². The van der Waals surface area contributed by atoms with Crippen molar-refractivity contribution in [2.45, 2.75) is 18.9 Å². The first kappa shape index (κ1) is 21.2. The Balaban J connectivity index is 1.49. The molecule has 3 aromatic rings. The van der Waals surface area contributed by atoms with E-state index in [0.717, 1.165) is 45.4 Å². The van der Waals surface area contributed by atoms with Gasteiger partial charge in [-0.15, -0.1) is 0 Å². The van der Waals surface area contributed by atoms with E-state index in [4.69, 9.17) is 14.2 Å². The van der Waals surface area contributed by atoms with Gasteiger partial charge < -0.3 is 24.4 Å². The zero-order valence-electron chi connectivity index (χ0n) is 17.3. The number of piperidine rings is 1. The first-order valence-corrected chi connectivity index (χ1v) is 10.7. The standard InChI is InChI=1S/C22H23BrN4O4/c1-29-17-5-3-4-15(11-17)25-21-24-13-14-10-18(23)20(12-19(14)26-21)31-16-6-8-27(9-7-16)22(28)30-2/h3-5,10-13,16H,6-9H2,1-2H3,(H,24,25,26). The van der Waals surface area contributed by atoms with E-state index in [0.29, 0.717) is 19.0 Å². The molecule has 31 heavy (non-hydrogen) atoms. The number of nitrogens with one attached hydrogen (secondary N) is 1. The van der Waals surface area contributed by atoms with Crippen molar-refractivity contribution in [2.24, 2.45) is 0 Å². The fourth-order valence-corrected chi connectivity index (χ4v) is 3.93. The Morgan fingerprint density at radius 3 is 2.74 bits per heavy atom. The summed E-state index contributed by atoms with van der Waals surface area (Å²) in [4.78, 5) is 22.4. The maximum atomic E-state index is 11.7. The molecule has 0 atom stereocenters. The zero-order chi connectivity index (χ0) is 21.8. The van der Waals surface area contributed by atoms with E-state index in [-0.39, 0.29) is 12.2 Å². The number of carbonyl (C=O) groups is 1. The molecule has 0 saturated carbocycles. The normalized spacial score (nSPS) is 14.4. The molecule has 1 amide bonds. The number of halogens is 1. The van der Waals surface area contributed by atoms with Gasteiger partial charge in [-0.1, -0.05) is 6.07 Å².